The van der Waals surface area contributed by atoms with Crippen molar-refractivity contribution in [2.75, 3.05) is 20.3 Å². The van der Waals surface area contributed by atoms with Crippen LogP contribution < -0.4 is 0 Å². The van der Waals surface area contributed by atoms with Gasteiger partial charge in [0.05, 0.1) is 42.8 Å². The van der Waals surface area contributed by atoms with E-state index in [0.29, 0.717) is 17.7 Å². The molecule has 128 valence electrons. The summed E-state index contributed by atoms with van der Waals surface area (Å²) in [6, 6.07) is 1.88. The first-order valence-electron chi connectivity index (χ1n) is 8.11. The molecule has 2 aromatic rings. The Morgan fingerprint density at radius 2 is 2.38 bits per heavy atom. The van der Waals surface area contributed by atoms with Gasteiger partial charge in [0, 0.05) is 6.61 Å². The molecule has 1 aliphatic heterocycles. The summed E-state index contributed by atoms with van der Waals surface area (Å²) in [6.45, 7) is 3.19. The molecule has 1 fully saturated rings. The molecule has 1 aliphatic rings. The van der Waals surface area contributed by atoms with E-state index in [1.165, 1.54) is 7.11 Å². The number of ether oxygens (including phenoxy) is 3. The van der Waals surface area contributed by atoms with Crippen molar-refractivity contribution < 1.29 is 19.0 Å². The molecule has 7 heteroatoms. The van der Waals surface area contributed by atoms with Crippen LogP contribution in [0.5, 0.6) is 0 Å². The predicted octanol–water partition coefficient (Wildman–Crippen LogP) is 2.92. The standard InChI is InChI=1S/C17H21N3O4/c1-3-23-9-7-12-10-14-13(16(19-12)17(21)22-2)11-18-20(14)15-6-4-5-8-24-15/h7,9-11,15H,3-6,8H2,1-2H3/b9-7+. The second kappa shape index (κ2) is 7.44. The van der Waals surface area contributed by atoms with E-state index in [0.717, 1.165) is 31.4 Å². The number of fused-ring (bicyclic) bond motifs is 1. The summed E-state index contributed by atoms with van der Waals surface area (Å²) in [5, 5.41) is 5.08. The van der Waals surface area contributed by atoms with Crippen LogP contribution in [-0.4, -0.2) is 41.1 Å². The highest BCUT2D eigenvalue weighted by Gasteiger charge is 2.22. The number of pyridine rings is 1. The van der Waals surface area contributed by atoms with Gasteiger partial charge in [-0.3, -0.25) is 0 Å². The van der Waals surface area contributed by atoms with Crippen LogP contribution in [0, 0.1) is 0 Å². The molecule has 0 aliphatic carbocycles. The van der Waals surface area contributed by atoms with Crippen molar-refractivity contribution in [3.05, 3.63) is 29.9 Å². The maximum absolute atomic E-state index is 12.1. The van der Waals surface area contributed by atoms with Crippen LogP contribution in [0.2, 0.25) is 0 Å². The van der Waals surface area contributed by atoms with E-state index < -0.39 is 5.97 Å². The Hall–Kier alpha value is -2.41. The molecular formula is C17H21N3O4. The number of rotatable bonds is 5. The minimum absolute atomic E-state index is 0.118. The Morgan fingerprint density at radius 3 is 3.08 bits per heavy atom. The molecule has 2 aromatic heterocycles. The number of methoxy groups -OCH3 is 1. The maximum atomic E-state index is 12.1. The molecule has 1 saturated heterocycles. The monoisotopic (exact) mass is 331 g/mol. The number of nitrogens with zero attached hydrogens (tertiary/aromatic N) is 3. The van der Waals surface area contributed by atoms with E-state index >= 15 is 0 Å². The highest BCUT2D eigenvalue weighted by Crippen LogP contribution is 2.28. The van der Waals surface area contributed by atoms with E-state index in [9.17, 15) is 4.79 Å². The highest BCUT2D eigenvalue weighted by atomic mass is 16.5. The van der Waals surface area contributed by atoms with Crippen molar-refractivity contribution in [1.82, 2.24) is 14.8 Å². The van der Waals surface area contributed by atoms with Gasteiger partial charge in [-0.2, -0.15) is 5.10 Å². The lowest BCUT2D eigenvalue weighted by molar-refractivity contribution is -0.0366. The number of carbonyl (C=O) groups is 1. The first-order valence-corrected chi connectivity index (χ1v) is 8.11. The van der Waals surface area contributed by atoms with Gasteiger partial charge in [0.2, 0.25) is 0 Å². The highest BCUT2D eigenvalue weighted by molar-refractivity contribution is 6.02. The molecule has 1 unspecified atom stereocenters. The first kappa shape index (κ1) is 16.4. The topological polar surface area (TPSA) is 75.5 Å². The van der Waals surface area contributed by atoms with Crippen LogP contribution in [0.1, 0.15) is 48.6 Å². The quantitative estimate of drug-likeness (QED) is 0.619. The molecular weight excluding hydrogens is 310 g/mol. The third-order valence-corrected chi connectivity index (χ3v) is 3.92. The Balaban J connectivity index is 2.07. The summed E-state index contributed by atoms with van der Waals surface area (Å²) >= 11 is 0. The van der Waals surface area contributed by atoms with Gasteiger partial charge in [-0.15, -0.1) is 0 Å². The molecule has 0 bridgehead atoms. The largest absolute Gasteiger partial charge is 0.501 e. The van der Waals surface area contributed by atoms with Gasteiger partial charge in [0.15, 0.2) is 11.9 Å². The smallest absolute Gasteiger partial charge is 0.357 e. The molecule has 3 rings (SSSR count). The number of carbonyl (C=O) groups excluding carboxylic acids is 1. The van der Waals surface area contributed by atoms with Crippen molar-refractivity contribution in [3.63, 3.8) is 0 Å². The van der Waals surface area contributed by atoms with Crippen LogP contribution in [0.4, 0.5) is 0 Å². The van der Waals surface area contributed by atoms with Crippen LogP contribution in [0.25, 0.3) is 17.0 Å². The molecule has 3 heterocycles. The van der Waals surface area contributed by atoms with E-state index in [1.807, 2.05) is 17.7 Å². The minimum Gasteiger partial charge on any atom is -0.501 e. The maximum Gasteiger partial charge on any atom is 0.357 e. The van der Waals surface area contributed by atoms with E-state index in [4.69, 9.17) is 14.2 Å². The number of aromatic nitrogens is 3. The van der Waals surface area contributed by atoms with Gasteiger partial charge in [-0.05, 0) is 38.3 Å². The van der Waals surface area contributed by atoms with Crippen molar-refractivity contribution in [2.24, 2.45) is 0 Å². The SMILES string of the molecule is CCO/C=C/c1cc2c(cnn2C2CCCCO2)c(C(=O)OC)n1. The van der Waals surface area contributed by atoms with Crippen molar-refractivity contribution >= 4 is 22.9 Å². The Kier molecular flexibility index (Phi) is 5.10. The molecule has 0 amide bonds. The van der Waals surface area contributed by atoms with Crippen LogP contribution in [-0.2, 0) is 14.2 Å². The second-order valence-electron chi connectivity index (χ2n) is 5.49. The Bertz CT molecular complexity index is 748. The van der Waals surface area contributed by atoms with E-state index in [1.54, 1.807) is 18.5 Å². The third-order valence-electron chi connectivity index (χ3n) is 3.92. The summed E-state index contributed by atoms with van der Waals surface area (Å²) in [6.07, 6.45) is 7.86. The van der Waals surface area contributed by atoms with Crippen LogP contribution in [0.3, 0.4) is 0 Å². The van der Waals surface area contributed by atoms with E-state index in [-0.39, 0.29) is 11.9 Å². The van der Waals surface area contributed by atoms with Crippen LogP contribution >= 0.6 is 0 Å². The van der Waals surface area contributed by atoms with Crippen molar-refractivity contribution in [1.29, 1.82) is 0 Å². The zero-order chi connectivity index (χ0) is 16.9. The average Bonchev–Trinajstić information content (AvgIpc) is 3.05. The van der Waals surface area contributed by atoms with Gasteiger partial charge >= 0.3 is 5.97 Å². The lowest BCUT2D eigenvalue weighted by Gasteiger charge is -2.23. The molecule has 0 N–H and O–H groups in total. The van der Waals surface area contributed by atoms with Gasteiger partial charge in [-0.25, -0.2) is 14.5 Å². The van der Waals surface area contributed by atoms with Gasteiger partial charge < -0.3 is 14.2 Å². The summed E-state index contributed by atoms with van der Waals surface area (Å²) in [5.74, 6) is -0.490. The fourth-order valence-corrected chi connectivity index (χ4v) is 2.76. The molecule has 1 atom stereocenters. The van der Waals surface area contributed by atoms with E-state index in [2.05, 4.69) is 10.1 Å². The first-order chi connectivity index (χ1) is 11.7. The molecule has 7 nitrogen and oxygen atoms in total. The van der Waals surface area contributed by atoms with Gasteiger partial charge in [0.1, 0.15) is 0 Å². The molecule has 24 heavy (non-hydrogen) atoms. The molecule has 0 aromatic carbocycles. The lowest BCUT2D eigenvalue weighted by Crippen LogP contribution is -2.19. The van der Waals surface area contributed by atoms with Crippen LogP contribution in [0.15, 0.2) is 18.5 Å². The normalized spacial score (nSPS) is 18.2. The Morgan fingerprint density at radius 1 is 1.50 bits per heavy atom. The zero-order valence-electron chi connectivity index (χ0n) is 13.9. The predicted molar refractivity (Wildman–Crippen MR) is 88.4 cm³/mol. The number of hydrogen-bond donors (Lipinski definition) is 0. The summed E-state index contributed by atoms with van der Waals surface area (Å²) < 4.78 is 17.7. The second-order valence-corrected chi connectivity index (χ2v) is 5.49. The summed E-state index contributed by atoms with van der Waals surface area (Å²) in [5.41, 5.74) is 1.65. The zero-order valence-corrected chi connectivity index (χ0v) is 13.9. The van der Waals surface area contributed by atoms with Gasteiger partial charge in [-0.1, -0.05) is 0 Å². The van der Waals surface area contributed by atoms with Gasteiger partial charge in [0.25, 0.3) is 0 Å². The third kappa shape index (κ3) is 3.26. The Labute approximate surface area is 140 Å². The summed E-state index contributed by atoms with van der Waals surface area (Å²) in [4.78, 5) is 16.5. The summed E-state index contributed by atoms with van der Waals surface area (Å²) in [7, 11) is 1.34. The number of hydrogen-bond acceptors (Lipinski definition) is 6. The lowest BCUT2D eigenvalue weighted by atomic mass is 10.1. The fourth-order valence-electron chi connectivity index (χ4n) is 2.76. The average molecular weight is 331 g/mol. The van der Waals surface area contributed by atoms with Crippen molar-refractivity contribution in [2.45, 2.75) is 32.4 Å². The molecule has 0 radical (unpaired) electrons. The number of esters is 1. The molecule has 0 saturated carbocycles. The minimum atomic E-state index is -0.490. The fraction of sp³-hybridized carbons (Fsp3) is 0.471. The molecule has 0 spiro atoms. The van der Waals surface area contributed by atoms with Crippen molar-refractivity contribution in [3.8, 4) is 0 Å².